The molecule has 0 bridgehead atoms. The van der Waals surface area contributed by atoms with Gasteiger partial charge in [0, 0.05) is 13.0 Å². The molecule has 0 saturated carbocycles. The van der Waals surface area contributed by atoms with Crippen LogP contribution in [0.5, 0.6) is 0 Å². The van der Waals surface area contributed by atoms with Gasteiger partial charge in [0.25, 0.3) is 0 Å². The Labute approximate surface area is 110 Å². The van der Waals surface area contributed by atoms with E-state index in [0.29, 0.717) is 6.61 Å². The highest BCUT2D eigenvalue weighted by atomic mass is 19.1. The molecule has 1 aliphatic heterocycles. The van der Waals surface area contributed by atoms with Gasteiger partial charge in [0.1, 0.15) is 5.82 Å². The number of rotatable bonds is 4. The Morgan fingerprint density at radius 3 is 2.95 bits per heavy atom. The Morgan fingerprint density at radius 1 is 1.53 bits per heavy atom. The van der Waals surface area contributed by atoms with E-state index < -0.39 is 11.7 Å². The number of amides is 2. The molecule has 1 heterocycles. The average molecular weight is 266 g/mol. The number of nitrogens with zero attached hydrogens (tertiary/aromatic N) is 1. The number of hydrogen-bond donors (Lipinski definition) is 1. The highest BCUT2D eigenvalue weighted by Gasteiger charge is 2.36. The minimum atomic E-state index is -0.515. The quantitative estimate of drug-likeness (QED) is 0.834. The van der Waals surface area contributed by atoms with E-state index in [0.717, 1.165) is 0 Å². The number of para-hydroxylation sites is 1. The van der Waals surface area contributed by atoms with Crippen molar-refractivity contribution in [2.45, 2.75) is 13.3 Å². The Bertz CT molecular complexity index is 493. The molecule has 0 spiro atoms. The average Bonchev–Trinajstić information content (AvgIpc) is 2.78. The van der Waals surface area contributed by atoms with Crippen molar-refractivity contribution >= 4 is 17.5 Å². The number of halogens is 1. The molecule has 5 nitrogen and oxygen atoms in total. The third kappa shape index (κ3) is 2.90. The van der Waals surface area contributed by atoms with Crippen LogP contribution in [0.1, 0.15) is 13.3 Å². The third-order valence-electron chi connectivity index (χ3n) is 2.96. The van der Waals surface area contributed by atoms with Crippen molar-refractivity contribution in [1.82, 2.24) is 5.48 Å². The van der Waals surface area contributed by atoms with Crippen LogP contribution < -0.4 is 10.4 Å². The summed E-state index contributed by atoms with van der Waals surface area (Å²) in [7, 11) is 0. The summed E-state index contributed by atoms with van der Waals surface area (Å²) in [4.78, 5) is 29.7. The molecule has 1 N–H and O–H groups in total. The fourth-order valence-corrected chi connectivity index (χ4v) is 2.01. The van der Waals surface area contributed by atoms with Crippen molar-refractivity contribution in [3.63, 3.8) is 0 Å². The largest absolute Gasteiger partial charge is 0.309 e. The van der Waals surface area contributed by atoms with Crippen LogP contribution in [0, 0.1) is 11.7 Å². The summed E-state index contributed by atoms with van der Waals surface area (Å²) in [5.41, 5.74) is 2.48. The van der Waals surface area contributed by atoms with E-state index in [1.54, 1.807) is 19.1 Å². The van der Waals surface area contributed by atoms with Crippen molar-refractivity contribution in [1.29, 1.82) is 0 Å². The molecule has 6 heteroatoms. The number of benzene rings is 1. The van der Waals surface area contributed by atoms with Gasteiger partial charge in [-0.05, 0) is 19.1 Å². The van der Waals surface area contributed by atoms with Crippen LogP contribution in [0.25, 0.3) is 0 Å². The van der Waals surface area contributed by atoms with E-state index in [9.17, 15) is 14.0 Å². The van der Waals surface area contributed by atoms with E-state index in [-0.39, 0.29) is 30.5 Å². The van der Waals surface area contributed by atoms with E-state index in [1.165, 1.54) is 17.0 Å². The van der Waals surface area contributed by atoms with Crippen LogP contribution >= 0.6 is 0 Å². The second-order valence-electron chi connectivity index (χ2n) is 4.26. The Morgan fingerprint density at radius 2 is 2.26 bits per heavy atom. The summed E-state index contributed by atoms with van der Waals surface area (Å²) in [6, 6.07) is 6.02. The fraction of sp³-hybridized carbons (Fsp3) is 0.385. The van der Waals surface area contributed by atoms with Gasteiger partial charge in [-0.15, -0.1) is 0 Å². The maximum Gasteiger partial charge on any atom is 0.248 e. The highest BCUT2D eigenvalue weighted by Crippen LogP contribution is 2.27. The first-order valence-electron chi connectivity index (χ1n) is 6.10. The van der Waals surface area contributed by atoms with Crippen molar-refractivity contribution < 1.29 is 18.8 Å². The Hall–Kier alpha value is -1.95. The predicted molar refractivity (Wildman–Crippen MR) is 66.6 cm³/mol. The van der Waals surface area contributed by atoms with E-state index in [1.807, 2.05) is 0 Å². The molecule has 1 saturated heterocycles. The number of hydroxylamine groups is 1. The summed E-state index contributed by atoms with van der Waals surface area (Å²) in [6.45, 7) is 2.26. The summed E-state index contributed by atoms with van der Waals surface area (Å²) >= 11 is 0. The molecule has 19 heavy (non-hydrogen) atoms. The van der Waals surface area contributed by atoms with Crippen LogP contribution in [-0.4, -0.2) is 25.0 Å². The lowest BCUT2D eigenvalue weighted by molar-refractivity contribution is -0.137. The van der Waals surface area contributed by atoms with Crippen LogP contribution in [0.4, 0.5) is 10.1 Å². The van der Waals surface area contributed by atoms with Gasteiger partial charge < -0.3 is 4.90 Å². The highest BCUT2D eigenvalue weighted by molar-refractivity contribution is 6.00. The molecule has 0 radical (unpaired) electrons. The number of carbonyl (C=O) groups excluding carboxylic acids is 2. The number of nitrogens with one attached hydrogen (secondary N) is 1. The molecule has 1 aromatic carbocycles. The molecular formula is C13H15FN2O3. The third-order valence-corrected chi connectivity index (χ3v) is 2.96. The Kier molecular flexibility index (Phi) is 4.11. The first kappa shape index (κ1) is 13.5. The second-order valence-corrected chi connectivity index (χ2v) is 4.26. The number of carbonyl (C=O) groups is 2. The SMILES string of the molecule is CCONC(=O)C1CC(=O)N(c2ccccc2F)C1. The van der Waals surface area contributed by atoms with Crippen LogP contribution in [0.15, 0.2) is 24.3 Å². The van der Waals surface area contributed by atoms with Gasteiger partial charge in [-0.25, -0.2) is 9.87 Å². The fourth-order valence-electron chi connectivity index (χ4n) is 2.01. The maximum absolute atomic E-state index is 13.6. The van der Waals surface area contributed by atoms with Gasteiger partial charge in [-0.3, -0.25) is 14.4 Å². The Balaban J connectivity index is 2.08. The monoisotopic (exact) mass is 266 g/mol. The normalized spacial score (nSPS) is 18.7. The maximum atomic E-state index is 13.6. The molecular weight excluding hydrogens is 251 g/mol. The number of anilines is 1. The molecule has 1 aliphatic rings. The molecule has 0 aromatic heterocycles. The summed E-state index contributed by atoms with van der Waals surface area (Å²) in [6.07, 6.45) is 0.0627. The smallest absolute Gasteiger partial charge is 0.248 e. The van der Waals surface area contributed by atoms with Crippen molar-refractivity contribution in [3.05, 3.63) is 30.1 Å². The van der Waals surface area contributed by atoms with Gasteiger partial charge >= 0.3 is 0 Å². The molecule has 0 aliphatic carbocycles. The van der Waals surface area contributed by atoms with Crippen LogP contribution in [0.3, 0.4) is 0 Å². The predicted octanol–water partition coefficient (Wildman–Crippen LogP) is 1.25. The van der Waals surface area contributed by atoms with Crippen LogP contribution in [-0.2, 0) is 14.4 Å². The molecule has 1 atom stereocenters. The van der Waals surface area contributed by atoms with E-state index >= 15 is 0 Å². The molecule has 2 amide bonds. The van der Waals surface area contributed by atoms with Gasteiger partial charge in [0.05, 0.1) is 18.2 Å². The number of hydrogen-bond acceptors (Lipinski definition) is 3. The minimum absolute atomic E-state index is 0.0627. The van der Waals surface area contributed by atoms with Crippen LogP contribution in [0.2, 0.25) is 0 Å². The summed E-state index contributed by atoms with van der Waals surface area (Å²) in [5, 5.41) is 0. The van der Waals surface area contributed by atoms with Gasteiger partial charge in [-0.2, -0.15) is 0 Å². The van der Waals surface area contributed by atoms with E-state index in [4.69, 9.17) is 4.84 Å². The lowest BCUT2D eigenvalue weighted by Gasteiger charge is -2.17. The topological polar surface area (TPSA) is 58.6 Å². The lowest BCUT2D eigenvalue weighted by atomic mass is 10.1. The minimum Gasteiger partial charge on any atom is -0.309 e. The zero-order valence-corrected chi connectivity index (χ0v) is 10.6. The summed E-state index contributed by atoms with van der Waals surface area (Å²) < 4.78 is 13.6. The lowest BCUT2D eigenvalue weighted by Crippen LogP contribution is -2.33. The summed E-state index contributed by atoms with van der Waals surface area (Å²) in [5.74, 6) is -1.60. The molecule has 1 aromatic rings. The molecule has 1 fully saturated rings. The standard InChI is InChI=1S/C13H15FN2O3/c1-2-19-15-13(18)9-7-12(17)16(8-9)11-6-4-3-5-10(11)14/h3-6,9H,2,7-8H2,1H3,(H,15,18). The first-order chi connectivity index (χ1) is 9.13. The van der Waals surface area contributed by atoms with Gasteiger partial charge in [0.15, 0.2) is 0 Å². The molecule has 2 rings (SSSR count). The van der Waals surface area contributed by atoms with Crippen molar-refractivity contribution in [2.75, 3.05) is 18.1 Å². The van der Waals surface area contributed by atoms with Gasteiger partial charge in [0.2, 0.25) is 11.8 Å². The second kappa shape index (κ2) is 5.79. The van der Waals surface area contributed by atoms with Gasteiger partial charge in [-0.1, -0.05) is 12.1 Å². The molecule has 1 unspecified atom stereocenters. The zero-order chi connectivity index (χ0) is 13.8. The van der Waals surface area contributed by atoms with Crippen molar-refractivity contribution in [3.8, 4) is 0 Å². The van der Waals surface area contributed by atoms with Crippen molar-refractivity contribution in [2.24, 2.45) is 5.92 Å². The first-order valence-corrected chi connectivity index (χ1v) is 6.10. The zero-order valence-electron chi connectivity index (χ0n) is 10.6. The molecule has 102 valence electrons. The van der Waals surface area contributed by atoms with E-state index in [2.05, 4.69) is 5.48 Å².